The molecule has 1 aliphatic heterocycles. The maximum Gasteiger partial charge on any atom is 0.290 e. The van der Waals surface area contributed by atoms with Crippen molar-refractivity contribution in [2.24, 2.45) is 7.05 Å². The Morgan fingerprint density at radius 3 is 2.90 bits per heavy atom. The summed E-state index contributed by atoms with van der Waals surface area (Å²) < 4.78 is 3.18. The number of fused-ring (bicyclic) bond motifs is 1. The van der Waals surface area contributed by atoms with Crippen LogP contribution in [0.2, 0.25) is 5.15 Å². The van der Waals surface area contributed by atoms with Crippen LogP contribution in [-0.4, -0.2) is 37.6 Å². The molecule has 0 fully saturated rings. The van der Waals surface area contributed by atoms with Crippen LogP contribution in [0.1, 0.15) is 12.6 Å². The number of aryl methyl sites for hydroxylation is 1. The van der Waals surface area contributed by atoms with Crippen LogP contribution >= 0.6 is 11.6 Å². The molecule has 0 unspecified atom stereocenters. The van der Waals surface area contributed by atoms with Crippen molar-refractivity contribution in [3.63, 3.8) is 0 Å². The number of rotatable bonds is 3. The number of anilines is 2. The van der Waals surface area contributed by atoms with Gasteiger partial charge in [0.25, 0.3) is 5.56 Å². The molecule has 0 bridgehead atoms. The van der Waals surface area contributed by atoms with E-state index in [9.17, 15) is 4.79 Å². The summed E-state index contributed by atoms with van der Waals surface area (Å²) in [5, 5.41) is 11.6. The Balaban J connectivity index is 1.87. The molecule has 0 amide bonds. The highest BCUT2D eigenvalue weighted by Crippen LogP contribution is 2.19. The molecule has 1 aliphatic rings. The molecular weight excluding hydrogens is 292 g/mol. The van der Waals surface area contributed by atoms with Gasteiger partial charge in [0, 0.05) is 32.3 Å². The van der Waals surface area contributed by atoms with E-state index in [2.05, 4.69) is 27.3 Å². The molecule has 0 radical (unpaired) electrons. The van der Waals surface area contributed by atoms with Crippen molar-refractivity contribution in [2.75, 3.05) is 18.4 Å². The van der Waals surface area contributed by atoms with Crippen molar-refractivity contribution in [3.8, 4) is 0 Å². The summed E-state index contributed by atoms with van der Waals surface area (Å²) >= 11 is 5.88. The van der Waals surface area contributed by atoms with Gasteiger partial charge in [-0.1, -0.05) is 18.5 Å². The van der Waals surface area contributed by atoms with E-state index in [1.54, 1.807) is 7.05 Å². The van der Waals surface area contributed by atoms with E-state index in [-0.39, 0.29) is 10.7 Å². The fourth-order valence-corrected chi connectivity index (χ4v) is 2.67. The fourth-order valence-electron chi connectivity index (χ4n) is 2.45. The predicted octanol–water partition coefficient (Wildman–Crippen LogP) is 1.21. The van der Waals surface area contributed by atoms with Crippen molar-refractivity contribution in [1.82, 2.24) is 24.5 Å². The SMILES string of the molecule is CCN1CCn2nc(Nc3cc(Cl)nn(C)c3=O)cc2C1. The van der Waals surface area contributed by atoms with Gasteiger partial charge < -0.3 is 5.32 Å². The smallest absolute Gasteiger partial charge is 0.290 e. The van der Waals surface area contributed by atoms with Crippen LogP contribution in [0.3, 0.4) is 0 Å². The zero-order chi connectivity index (χ0) is 15.0. The molecule has 7 nitrogen and oxygen atoms in total. The van der Waals surface area contributed by atoms with Crippen molar-refractivity contribution < 1.29 is 0 Å². The summed E-state index contributed by atoms with van der Waals surface area (Å²) in [7, 11) is 1.57. The van der Waals surface area contributed by atoms with Gasteiger partial charge in [-0.3, -0.25) is 14.4 Å². The third-order valence-electron chi connectivity index (χ3n) is 3.62. The first-order valence-electron chi connectivity index (χ1n) is 6.87. The number of aromatic nitrogens is 4. The Bertz CT molecular complexity index is 722. The van der Waals surface area contributed by atoms with Crippen molar-refractivity contribution >= 4 is 23.1 Å². The Morgan fingerprint density at radius 2 is 2.14 bits per heavy atom. The lowest BCUT2D eigenvalue weighted by atomic mass is 10.3. The van der Waals surface area contributed by atoms with Crippen LogP contribution in [0.4, 0.5) is 11.5 Å². The van der Waals surface area contributed by atoms with Gasteiger partial charge >= 0.3 is 0 Å². The molecule has 0 atom stereocenters. The van der Waals surface area contributed by atoms with Gasteiger partial charge in [-0.25, -0.2) is 4.68 Å². The summed E-state index contributed by atoms with van der Waals surface area (Å²) in [4.78, 5) is 14.4. The largest absolute Gasteiger partial charge is 0.334 e. The van der Waals surface area contributed by atoms with E-state index in [0.29, 0.717) is 11.5 Å². The van der Waals surface area contributed by atoms with Crippen molar-refractivity contribution in [2.45, 2.75) is 20.0 Å². The molecule has 0 saturated heterocycles. The Morgan fingerprint density at radius 1 is 1.33 bits per heavy atom. The highest BCUT2D eigenvalue weighted by Gasteiger charge is 2.17. The van der Waals surface area contributed by atoms with E-state index in [0.717, 1.165) is 31.9 Å². The minimum absolute atomic E-state index is 0.236. The standard InChI is InChI=1S/C13H17ClN6O/c1-3-19-4-5-20-9(8-19)6-12(17-20)15-10-7-11(14)16-18(2)13(10)21/h6-7H,3-5,8H2,1-2H3,(H,15,17). The molecule has 2 aromatic heterocycles. The first-order chi connectivity index (χ1) is 10.1. The van der Waals surface area contributed by atoms with Crippen LogP contribution < -0.4 is 10.9 Å². The molecule has 3 heterocycles. The zero-order valence-electron chi connectivity index (χ0n) is 12.0. The molecule has 2 aromatic rings. The number of halogens is 1. The number of hydrogen-bond donors (Lipinski definition) is 1. The van der Waals surface area contributed by atoms with Crippen LogP contribution in [-0.2, 0) is 20.1 Å². The van der Waals surface area contributed by atoms with Gasteiger partial charge in [0.2, 0.25) is 0 Å². The topological polar surface area (TPSA) is 68.0 Å². The minimum Gasteiger partial charge on any atom is -0.334 e. The molecule has 1 N–H and O–H groups in total. The summed E-state index contributed by atoms with van der Waals surface area (Å²) in [6.07, 6.45) is 0. The van der Waals surface area contributed by atoms with Gasteiger partial charge in [-0.2, -0.15) is 10.2 Å². The quantitative estimate of drug-likeness (QED) is 0.923. The number of nitrogens with zero attached hydrogens (tertiary/aromatic N) is 5. The third kappa shape index (κ3) is 2.79. The predicted molar refractivity (Wildman–Crippen MR) is 80.9 cm³/mol. The average molecular weight is 309 g/mol. The van der Waals surface area contributed by atoms with Gasteiger partial charge in [0.05, 0.1) is 12.2 Å². The molecule has 0 saturated carbocycles. The lowest BCUT2D eigenvalue weighted by Crippen LogP contribution is -2.33. The monoisotopic (exact) mass is 308 g/mol. The van der Waals surface area contributed by atoms with Gasteiger partial charge in [0.1, 0.15) is 5.69 Å². The van der Waals surface area contributed by atoms with E-state index in [1.165, 1.54) is 10.7 Å². The molecule has 3 rings (SSSR count). The second kappa shape index (κ2) is 5.50. The summed E-state index contributed by atoms with van der Waals surface area (Å²) in [6, 6.07) is 3.48. The molecule has 21 heavy (non-hydrogen) atoms. The average Bonchev–Trinajstić information content (AvgIpc) is 2.85. The highest BCUT2D eigenvalue weighted by molar-refractivity contribution is 6.29. The second-order valence-electron chi connectivity index (χ2n) is 5.05. The minimum atomic E-state index is -0.236. The first kappa shape index (κ1) is 14.1. The normalized spacial score (nSPS) is 15.0. The van der Waals surface area contributed by atoms with Gasteiger partial charge in [-0.15, -0.1) is 0 Å². The lowest BCUT2D eigenvalue weighted by molar-refractivity contribution is 0.224. The maximum atomic E-state index is 12.0. The molecular formula is C13H17ClN6O. The molecule has 0 spiro atoms. The zero-order valence-corrected chi connectivity index (χ0v) is 12.8. The fraction of sp³-hybridized carbons (Fsp3) is 0.462. The van der Waals surface area contributed by atoms with Crippen molar-refractivity contribution in [3.05, 3.63) is 33.3 Å². The molecule has 0 aromatic carbocycles. The Kier molecular flexibility index (Phi) is 3.69. The van der Waals surface area contributed by atoms with E-state index in [4.69, 9.17) is 11.6 Å². The van der Waals surface area contributed by atoms with Crippen LogP contribution in [0.5, 0.6) is 0 Å². The number of nitrogens with one attached hydrogen (secondary N) is 1. The van der Waals surface area contributed by atoms with E-state index in [1.807, 2.05) is 10.7 Å². The number of likely N-dealkylation sites (N-methyl/N-ethyl adjacent to an activating group) is 1. The van der Waals surface area contributed by atoms with Gasteiger partial charge in [0.15, 0.2) is 11.0 Å². The maximum absolute atomic E-state index is 12.0. The molecule has 8 heteroatoms. The Labute approximate surface area is 127 Å². The first-order valence-corrected chi connectivity index (χ1v) is 7.24. The summed E-state index contributed by atoms with van der Waals surface area (Å²) in [5.41, 5.74) is 1.28. The van der Waals surface area contributed by atoms with Crippen LogP contribution in [0, 0.1) is 0 Å². The van der Waals surface area contributed by atoms with E-state index < -0.39 is 0 Å². The molecule has 0 aliphatic carbocycles. The summed E-state index contributed by atoms with van der Waals surface area (Å²) in [5.74, 6) is 0.655. The third-order valence-corrected chi connectivity index (χ3v) is 3.80. The van der Waals surface area contributed by atoms with Crippen LogP contribution in [0.15, 0.2) is 16.9 Å². The summed E-state index contributed by atoms with van der Waals surface area (Å²) in [6.45, 7) is 5.90. The van der Waals surface area contributed by atoms with E-state index >= 15 is 0 Å². The number of hydrogen-bond acceptors (Lipinski definition) is 5. The molecule has 112 valence electrons. The van der Waals surface area contributed by atoms with Crippen molar-refractivity contribution in [1.29, 1.82) is 0 Å². The Hall–Kier alpha value is -1.86. The second-order valence-corrected chi connectivity index (χ2v) is 5.43. The van der Waals surface area contributed by atoms with Gasteiger partial charge in [-0.05, 0) is 6.54 Å². The highest BCUT2D eigenvalue weighted by atomic mass is 35.5. The lowest BCUT2D eigenvalue weighted by Gasteiger charge is -2.25. The van der Waals surface area contributed by atoms with Crippen LogP contribution in [0.25, 0.3) is 0 Å².